The van der Waals surface area contributed by atoms with Crippen molar-refractivity contribution in [3.8, 4) is 0 Å². The van der Waals surface area contributed by atoms with Crippen molar-refractivity contribution in [3.63, 3.8) is 0 Å². The van der Waals surface area contributed by atoms with Gasteiger partial charge in [-0.15, -0.1) is 0 Å². The van der Waals surface area contributed by atoms with Crippen molar-refractivity contribution >= 4 is 17.9 Å². The van der Waals surface area contributed by atoms with E-state index in [1.807, 2.05) is 6.08 Å². The highest BCUT2D eigenvalue weighted by Gasteiger charge is 2.19. The molecular weight excluding hydrogens is 985 g/mol. The normalized spacial score (nSPS) is 13.3. The first-order chi connectivity index (χ1) is 39.5. The summed E-state index contributed by atoms with van der Waals surface area (Å²) in [5.41, 5.74) is 0. The van der Waals surface area contributed by atoms with Gasteiger partial charge in [0.25, 0.3) is 0 Å². The van der Waals surface area contributed by atoms with Crippen LogP contribution in [0.3, 0.4) is 0 Å². The molecule has 0 rings (SSSR count). The smallest absolute Gasteiger partial charge is 0.310 e. The molecule has 448 valence electrons. The average Bonchev–Trinajstić information content (AvgIpc) is 3.46. The Morgan fingerprint density at radius 3 is 0.825 bits per heavy atom. The zero-order chi connectivity index (χ0) is 57.8. The lowest BCUT2D eigenvalue weighted by atomic mass is 10.0. The first-order valence-corrected chi connectivity index (χ1v) is 32.1. The van der Waals surface area contributed by atoms with E-state index >= 15 is 0 Å². The summed E-state index contributed by atoms with van der Waals surface area (Å²) in [6.45, 7) is 6.26. The number of allylic oxidation sites excluding steroid dienone is 27. The lowest BCUT2D eigenvalue weighted by molar-refractivity contribution is -0.166. The van der Waals surface area contributed by atoms with Gasteiger partial charge < -0.3 is 14.2 Å². The molecule has 0 saturated heterocycles. The van der Waals surface area contributed by atoms with Crippen LogP contribution in [0.15, 0.2) is 170 Å². The lowest BCUT2D eigenvalue weighted by Crippen LogP contribution is -2.30. The zero-order valence-electron chi connectivity index (χ0n) is 51.3. The number of hydrogen-bond acceptors (Lipinski definition) is 6. The molecule has 80 heavy (non-hydrogen) atoms. The summed E-state index contributed by atoms with van der Waals surface area (Å²) in [6.07, 6.45) is 98.2. The third-order valence-corrected chi connectivity index (χ3v) is 13.0. The third kappa shape index (κ3) is 63.6. The maximum atomic E-state index is 12.8. The van der Waals surface area contributed by atoms with Crippen molar-refractivity contribution in [2.75, 3.05) is 13.2 Å². The predicted molar refractivity (Wildman–Crippen MR) is 348 cm³/mol. The molecule has 1 atom stereocenters. The molecule has 0 spiro atoms. The van der Waals surface area contributed by atoms with E-state index in [0.29, 0.717) is 19.3 Å². The number of unbranched alkanes of at least 4 members (excludes halogenated alkanes) is 18. The monoisotopic (exact) mass is 1100 g/mol. The van der Waals surface area contributed by atoms with Crippen molar-refractivity contribution in [2.24, 2.45) is 0 Å². The van der Waals surface area contributed by atoms with Gasteiger partial charge >= 0.3 is 17.9 Å². The number of hydrogen-bond donors (Lipinski definition) is 0. The fourth-order valence-electron chi connectivity index (χ4n) is 8.22. The van der Waals surface area contributed by atoms with Crippen molar-refractivity contribution < 1.29 is 28.6 Å². The Bertz CT molecular complexity index is 1840. The Balaban J connectivity index is 4.33. The van der Waals surface area contributed by atoms with Crippen LogP contribution in [0.25, 0.3) is 0 Å². The fourth-order valence-corrected chi connectivity index (χ4v) is 8.22. The first kappa shape index (κ1) is 74.8. The summed E-state index contributed by atoms with van der Waals surface area (Å²) in [5, 5.41) is 0. The van der Waals surface area contributed by atoms with E-state index in [1.54, 1.807) is 6.08 Å². The summed E-state index contributed by atoms with van der Waals surface area (Å²) in [6, 6.07) is 0. The maximum absolute atomic E-state index is 12.8. The number of carbonyl (C=O) groups excluding carboxylic acids is 3. The number of ether oxygens (including phenoxy) is 3. The number of carbonyl (C=O) groups is 3. The predicted octanol–water partition coefficient (Wildman–Crippen LogP) is 22.3. The first-order valence-electron chi connectivity index (χ1n) is 32.1. The minimum atomic E-state index is -0.848. The van der Waals surface area contributed by atoms with Gasteiger partial charge in [-0.25, -0.2) is 0 Å². The van der Waals surface area contributed by atoms with Crippen LogP contribution >= 0.6 is 0 Å². The molecule has 6 nitrogen and oxygen atoms in total. The van der Waals surface area contributed by atoms with Gasteiger partial charge in [-0.2, -0.15) is 0 Å². The Morgan fingerprint density at radius 1 is 0.275 bits per heavy atom. The number of rotatable bonds is 56. The molecule has 0 saturated carbocycles. The molecule has 0 amide bonds. The van der Waals surface area contributed by atoms with Crippen LogP contribution < -0.4 is 0 Å². The molecule has 0 aliphatic carbocycles. The van der Waals surface area contributed by atoms with Crippen LogP contribution in [-0.4, -0.2) is 37.2 Å². The highest BCUT2D eigenvalue weighted by molar-refractivity contribution is 5.72. The molecule has 0 aromatic heterocycles. The van der Waals surface area contributed by atoms with Gasteiger partial charge in [-0.3, -0.25) is 14.4 Å². The molecule has 0 aliphatic heterocycles. The highest BCUT2D eigenvalue weighted by Crippen LogP contribution is 2.14. The van der Waals surface area contributed by atoms with E-state index in [0.717, 1.165) is 135 Å². The van der Waals surface area contributed by atoms with Gasteiger partial charge in [0, 0.05) is 12.8 Å². The molecule has 0 aromatic carbocycles. The van der Waals surface area contributed by atoms with E-state index in [-0.39, 0.29) is 31.6 Å². The lowest BCUT2D eigenvalue weighted by Gasteiger charge is -2.18. The molecule has 0 aliphatic rings. The molecule has 0 fully saturated rings. The summed E-state index contributed by atoms with van der Waals surface area (Å²) in [5.74, 6) is -1.08. The van der Waals surface area contributed by atoms with Gasteiger partial charge in [0.2, 0.25) is 0 Å². The second-order valence-electron chi connectivity index (χ2n) is 20.6. The van der Waals surface area contributed by atoms with Gasteiger partial charge in [-0.05, 0) is 128 Å². The van der Waals surface area contributed by atoms with E-state index in [2.05, 4.69) is 179 Å². The second kappa shape index (κ2) is 66.3. The van der Waals surface area contributed by atoms with Crippen molar-refractivity contribution in [1.29, 1.82) is 0 Å². The molecule has 0 heterocycles. The number of esters is 3. The third-order valence-electron chi connectivity index (χ3n) is 13.0. The highest BCUT2D eigenvalue weighted by atomic mass is 16.6. The van der Waals surface area contributed by atoms with Gasteiger partial charge in [0.15, 0.2) is 6.10 Å². The van der Waals surface area contributed by atoms with Crippen LogP contribution in [-0.2, 0) is 28.6 Å². The van der Waals surface area contributed by atoms with Crippen molar-refractivity contribution in [3.05, 3.63) is 170 Å². The Morgan fingerprint density at radius 2 is 0.525 bits per heavy atom. The largest absolute Gasteiger partial charge is 0.462 e. The summed E-state index contributed by atoms with van der Waals surface area (Å²) >= 11 is 0. The van der Waals surface area contributed by atoms with Crippen molar-refractivity contribution in [2.45, 2.75) is 264 Å². The minimum Gasteiger partial charge on any atom is -0.462 e. The Labute approximate surface area is 492 Å². The standard InChI is InChI=1S/C74H116O6/c1-4-7-10-13-16-19-22-25-28-29-30-31-32-33-34-35-36-37-38-39-40-41-42-43-44-45-47-49-52-55-58-61-64-67-73(76)79-70-71(69-78-72(75)66-63-60-57-54-51-48-27-24-21-18-15-12-9-6-3)80-74(77)68-65-62-59-56-53-50-46-26-23-20-17-14-11-8-5-2/h7-8,10-11,15-20,24-28,30-31,33-34,36-37,39-40,46,53,56,62,65,71H,4-6,9,12-14,21-23,29,32,35,38,41-45,47-52,54-55,57-61,63-64,66-70H2,1-3H3/b10-7-,11-8-,18-15-,19-16-,20-17-,27-24-,28-25-,31-30-,34-33-,37-36-,40-39-,46-26-,56-53-,65-62-. The molecule has 0 bridgehead atoms. The Kier molecular flexibility index (Phi) is 61.9. The van der Waals surface area contributed by atoms with Gasteiger partial charge in [0.1, 0.15) is 13.2 Å². The molecule has 1 unspecified atom stereocenters. The maximum Gasteiger partial charge on any atom is 0.310 e. The van der Waals surface area contributed by atoms with Crippen LogP contribution in [0.1, 0.15) is 258 Å². The fraction of sp³-hybridized carbons (Fsp3) is 0.581. The quantitative estimate of drug-likeness (QED) is 0.0261. The topological polar surface area (TPSA) is 78.9 Å². The molecule has 0 aromatic rings. The van der Waals surface area contributed by atoms with Crippen molar-refractivity contribution in [1.82, 2.24) is 0 Å². The summed E-state index contributed by atoms with van der Waals surface area (Å²) in [4.78, 5) is 38.2. The van der Waals surface area contributed by atoms with Crippen LogP contribution in [0.4, 0.5) is 0 Å². The Hall–Kier alpha value is -5.23. The molecule has 0 radical (unpaired) electrons. The molecule has 6 heteroatoms. The van der Waals surface area contributed by atoms with Gasteiger partial charge in [-0.1, -0.05) is 281 Å². The minimum absolute atomic E-state index is 0.0862. The molecular formula is C74H116O6. The van der Waals surface area contributed by atoms with Gasteiger partial charge in [0.05, 0.1) is 6.42 Å². The van der Waals surface area contributed by atoms with E-state index in [4.69, 9.17) is 14.2 Å². The second-order valence-corrected chi connectivity index (χ2v) is 20.6. The van der Waals surface area contributed by atoms with Crippen LogP contribution in [0, 0.1) is 0 Å². The van der Waals surface area contributed by atoms with Crippen LogP contribution in [0.2, 0.25) is 0 Å². The van der Waals surface area contributed by atoms with E-state index in [1.165, 1.54) is 77.0 Å². The summed E-state index contributed by atoms with van der Waals surface area (Å²) in [7, 11) is 0. The zero-order valence-corrected chi connectivity index (χ0v) is 51.3. The van der Waals surface area contributed by atoms with E-state index in [9.17, 15) is 14.4 Å². The molecule has 0 N–H and O–H groups in total. The van der Waals surface area contributed by atoms with E-state index < -0.39 is 12.1 Å². The SMILES string of the molecule is CC/C=C\C/C=C\C/C=C\C/C=C\C/C=C\C/C=C\C/C=C\CCCCCCCCCCCCCC(=O)OCC(COC(=O)CCCCCCC/C=C\C/C=C\CCCC)OC(=O)C/C=C\C/C=C\C/C=C\C/C=C\C/C=C\CC. The summed E-state index contributed by atoms with van der Waals surface area (Å²) < 4.78 is 16.8. The average molecular weight is 1100 g/mol. The van der Waals surface area contributed by atoms with Crippen LogP contribution in [0.5, 0.6) is 0 Å².